The van der Waals surface area contributed by atoms with Gasteiger partial charge >= 0.3 is 5.97 Å². The van der Waals surface area contributed by atoms with Gasteiger partial charge in [0.05, 0.1) is 7.11 Å². The maximum atomic E-state index is 11.4. The number of benzene rings is 2. The van der Waals surface area contributed by atoms with E-state index in [-0.39, 0.29) is 6.61 Å². The Morgan fingerprint density at radius 2 is 1.62 bits per heavy atom. The van der Waals surface area contributed by atoms with Crippen molar-refractivity contribution < 1.29 is 19.4 Å². The van der Waals surface area contributed by atoms with E-state index >= 15 is 0 Å². The molecule has 0 aliphatic rings. The van der Waals surface area contributed by atoms with Crippen molar-refractivity contribution in [1.29, 1.82) is 0 Å². The van der Waals surface area contributed by atoms with Crippen molar-refractivity contribution in [3.63, 3.8) is 0 Å². The Morgan fingerprint density at radius 1 is 1.05 bits per heavy atom. The Hall–Kier alpha value is -2.49. The zero-order valence-corrected chi connectivity index (χ0v) is 12.1. The SMILES string of the molecule is COc1ccc(OCC(C(=O)O)c2ccc(C)cc2)cc1. The molecule has 0 aliphatic heterocycles. The summed E-state index contributed by atoms with van der Waals surface area (Å²) in [4.78, 5) is 11.4. The van der Waals surface area contributed by atoms with Crippen LogP contribution in [0.4, 0.5) is 0 Å². The molecule has 0 saturated carbocycles. The van der Waals surface area contributed by atoms with E-state index in [2.05, 4.69) is 0 Å². The van der Waals surface area contributed by atoms with Gasteiger partial charge in [0, 0.05) is 0 Å². The van der Waals surface area contributed by atoms with Gasteiger partial charge < -0.3 is 14.6 Å². The molecule has 2 rings (SSSR count). The van der Waals surface area contributed by atoms with Gasteiger partial charge in [0.25, 0.3) is 0 Å². The molecular formula is C17H18O4. The number of hydrogen-bond donors (Lipinski definition) is 1. The summed E-state index contributed by atoms with van der Waals surface area (Å²) in [7, 11) is 1.59. The van der Waals surface area contributed by atoms with Gasteiger partial charge in [-0.1, -0.05) is 29.8 Å². The molecule has 4 heteroatoms. The van der Waals surface area contributed by atoms with Gasteiger partial charge in [-0.15, -0.1) is 0 Å². The number of hydrogen-bond acceptors (Lipinski definition) is 3. The average Bonchev–Trinajstić information content (AvgIpc) is 2.49. The highest BCUT2D eigenvalue weighted by Crippen LogP contribution is 2.21. The number of ether oxygens (including phenoxy) is 2. The number of rotatable bonds is 6. The zero-order chi connectivity index (χ0) is 15.2. The van der Waals surface area contributed by atoms with Crippen LogP contribution < -0.4 is 9.47 Å². The molecule has 0 saturated heterocycles. The normalized spacial score (nSPS) is 11.7. The van der Waals surface area contributed by atoms with Crippen LogP contribution in [0, 0.1) is 6.92 Å². The van der Waals surface area contributed by atoms with Crippen LogP contribution in [0.1, 0.15) is 17.0 Å². The van der Waals surface area contributed by atoms with Gasteiger partial charge in [-0.3, -0.25) is 4.79 Å². The number of carbonyl (C=O) groups is 1. The lowest BCUT2D eigenvalue weighted by Gasteiger charge is -2.14. The van der Waals surface area contributed by atoms with Crippen LogP contribution in [0.25, 0.3) is 0 Å². The fourth-order valence-corrected chi connectivity index (χ4v) is 1.96. The second-order valence-corrected chi connectivity index (χ2v) is 4.79. The zero-order valence-electron chi connectivity index (χ0n) is 12.1. The maximum absolute atomic E-state index is 11.4. The number of aliphatic carboxylic acids is 1. The molecule has 1 unspecified atom stereocenters. The maximum Gasteiger partial charge on any atom is 0.314 e. The van der Waals surface area contributed by atoms with Gasteiger partial charge in [0.1, 0.15) is 24.0 Å². The van der Waals surface area contributed by atoms with E-state index in [4.69, 9.17) is 9.47 Å². The van der Waals surface area contributed by atoms with Crippen LogP contribution >= 0.6 is 0 Å². The predicted octanol–water partition coefficient (Wildman–Crippen LogP) is 3.25. The summed E-state index contributed by atoms with van der Waals surface area (Å²) in [6.45, 7) is 2.05. The summed E-state index contributed by atoms with van der Waals surface area (Å²) in [6, 6.07) is 14.5. The summed E-state index contributed by atoms with van der Waals surface area (Å²) in [6.07, 6.45) is 0. The highest BCUT2D eigenvalue weighted by Gasteiger charge is 2.20. The fourth-order valence-electron chi connectivity index (χ4n) is 1.96. The third kappa shape index (κ3) is 3.99. The number of methoxy groups -OCH3 is 1. The number of carboxylic acids is 1. The van der Waals surface area contributed by atoms with Gasteiger partial charge in [-0.05, 0) is 36.8 Å². The lowest BCUT2D eigenvalue weighted by Crippen LogP contribution is -2.19. The first-order valence-electron chi connectivity index (χ1n) is 6.66. The van der Waals surface area contributed by atoms with Crippen LogP contribution in [-0.2, 0) is 4.79 Å². The van der Waals surface area contributed by atoms with Crippen LogP contribution in [-0.4, -0.2) is 24.8 Å². The molecule has 110 valence electrons. The molecule has 1 atom stereocenters. The minimum Gasteiger partial charge on any atom is -0.497 e. The molecule has 0 radical (unpaired) electrons. The van der Waals surface area contributed by atoms with Gasteiger partial charge in [-0.25, -0.2) is 0 Å². The quantitative estimate of drug-likeness (QED) is 0.885. The van der Waals surface area contributed by atoms with E-state index in [0.717, 1.165) is 16.9 Å². The van der Waals surface area contributed by atoms with E-state index in [0.29, 0.717) is 5.75 Å². The van der Waals surface area contributed by atoms with Crippen molar-refractivity contribution in [3.05, 3.63) is 59.7 Å². The molecule has 0 aliphatic carbocycles. The Bertz CT molecular complexity index is 587. The molecule has 0 spiro atoms. The molecular weight excluding hydrogens is 268 g/mol. The minimum absolute atomic E-state index is 0.0880. The molecule has 21 heavy (non-hydrogen) atoms. The Kier molecular flexibility index (Phi) is 4.82. The molecule has 2 aromatic rings. The van der Waals surface area contributed by atoms with E-state index in [1.54, 1.807) is 31.4 Å². The van der Waals surface area contributed by atoms with Crippen LogP contribution in [0.3, 0.4) is 0 Å². The summed E-state index contributed by atoms with van der Waals surface area (Å²) in [5.41, 5.74) is 1.83. The molecule has 0 aromatic heterocycles. The number of carboxylic acid groups (broad SMARTS) is 1. The third-order valence-electron chi connectivity index (χ3n) is 3.25. The van der Waals surface area contributed by atoms with Gasteiger partial charge in [-0.2, -0.15) is 0 Å². The fraction of sp³-hybridized carbons (Fsp3) is 0.235. The van der Waals surface area contributed by atoms with Crippen molar-refractivity contribution in [2.45, 2.75) is 12.8 Å². The lowest BCUT2D eigenvalue weighted by molar-refractivity contribution is -0.139. The lowest BCUT2D eigenvalue weighted by atomic mass is 9.99. The third-order valence-corrected chi connectivity index (χ3v) is 3.25. The highest BCUT2D eigenvalue weighted by atomic mass is 16.5. The van der Waals surface area contributed by atoms with Crippen molar-refractivity contribution in [1.82, 2.24) is 0 Å². The molecule has 0 heterocycles. The van der Waals surface area contributed by atoms with Gasteiger partial charge in [0.15, 0.2) is 0 Å². The Balaban J connectivity index is 2.06. The average molecular weight is 286 g/mol. The smallest absolute Gasteiger partial charge is 0.314 e. The number of aryl methyl sites for hydroxylation is 1. The largest absolute Gasteiger partial charge is 0.497 e. The van der Waals surface area contributed by atoms with E-state index in [1.807, 2.05) is 31.2 Å². The summed E-state index contributed by atoms with van der Waals surface area (Å²) >= 11 is 0. The highest BCUT2D eigenvalue weighted by molar-refractivity contribution is 5.76. The first kappa shape index (κ1) is 14.9. The molecule has 0 fully saturated rings. The first-order chi connectivity index (χ1) is 10.1. The van der Waals surface area contributed by atoms with E-state index < -0.39 is 11.9 Å². The molecule has 0 amide bonds. The first-order valence-corrected chi connectivity index (χ1v) is 6.66. The summed E-state index contributed by atoms with van der Waals surface area (Å²) in [5.74, 6) is -0.232. The molecule has 0 bridgehead atoms. The Morgan fingerprint density at radius 3 is 2.14 bits per heavy atom. The molecule has 4 nitrogen and oxygen atoms in total. The van der Waals surface area contributed by atoms with E-state index in [1.165, 1.54) is 0 Å². The minimum atomic E-state index is -0.896. The monoisotopic (exact) mass is 286 g/mol. The van der Waals surface area contributed by atoms with Gasteiger partial charge in [0.2, 0.25) is 0 Å². The second kappa shape index (κ2) is 6.79. The predicted molar refractivity (Wildman–Crippen MR) is 80.0 cm³/mol. The summed E-state index contributed by atoms with van der Waals surface area (Å²) < 4.78 is 10.6. The second-order valence-electron chi connectivity index (χ2n) is 4.79. The molecule has 2 aromatic carbocycles. The topological polar surface area (TPSA) is 55.8 Å². The standard InChI is InChI=1S/C17H18O4/c1-12-3-5-13(6-4-12)16(17(18)19)11-21-15-9-7-14(20-2)8-10-15/h3-10,16H,11H2,1-2H3,(H,18,19). The van der Waals surface area contributed by atoms with Crippen molar-refractivity contribution >= 4 is 5.97 Å². The Labute approximate surface area is 123 Å². The van der Waals surface area contributed by atoms with Crippen molar-refractivity contribution in [2.24, 2.45) is 0 Å². The van der Waals surface area contributed by atoms with Crippen molar-refractivity contribution in [2.75, 3.05) is 13.7 Å². The van der Waals surface area contributed by atoms with Crippen molar-refractivity contribution in [3.8, 4) is 11.5 Å². The van der Waals surface area contributed by atoms with E-state index in [9.17, 15) is 9.90 Å². The van der Waals surface area contributed by atoms with Crippen LogP contribution in [0.2, 0.25) is 0 Å². The van der Waals surface area contributed by atoms with Crippen LogP contribution in [0.15, 0.2) is 48.5 Å². The van der Waals surface area contributed by atoms with Crippen LogP contribution in [0.5, 0.6) is 11.5 Å². The summed E-state index contributed by atoms with van der Waals surface area (Å²) in [5, 5.41) is 9.36. The molecule has 1 N–H and O–H groups in total.